The van der Waals surface area contributed by atoms with E-state index in [0.717, 1.165) is 17.3 Å². The Kier molecular flexibility index (Phi) is 9.46. The number of hydrogen-bond acceptors (Lipinski definition) is 10. The van der Waals surface area contributed by atoms with Crippen molar-refractivity contribution in [3.63, 3.8) is 0 Å². The molecule has 2 aromatic heterocycles. The number of aromatic nitrogens is 4. The molecule has 4 aromatic rings. The highest BCUT2D eigenvalue weighted by molar-refractivity contribution is 8.00. The lowest BCUT2D eigenvalue weighted by Gasteiger charge is -2.20. The second kappa shape index (κ2) is 13.0. The lowest BCUT2D eigenvalue weighted by atomic mass is 9.87. The Hall–Kier alpha value is -4.76. The van der Waals surface area contributed by atoms with Crippen molar-refractivity contribution in [2.24, 2.45) is 16.5 Å². The summed E-state index contributed by atoms with van der Waals surface area (Å²) in [5.41, 5.74) is 11.5. The third-order valence-corrected chi connectivity index (χ3v) is 8.03. The Bertz CT molecular complexity index is 1740. The van der Waals surface area contributed by atoms with E-state index in [9.17, 15) is 13.2 Å². The van der Waals surface area contributed by atoms with Gasteiger partial charge < -0.3 is 20.9 Å². The van der Waals surface area contributed by atoms with Crippen LogP contribution in [0, 0.1) is 0 Å². The van der Waals surface area contributed by atoms with Crippen molar-refractivity contribution >= 4 is 39.5 Å². The SMILES string of the molecule is COc1ccccc1Oc1c(NS(=O)(=O)c2ccc(C(C)(C)C)cc2)nc(-c2ncccn2)nc1SCC(=O)N=C(N)N. The second-order valence-corrected chi connectivity index (χ2v) is 12.6. The smallest absolute Gasteiger partial charge is 0.263 e. The van der Waals surface area contributed by atoms with Gasteiger partial charge in [-0.25, -0.2) is 28.4 Å². The third-order valence-electron chi connectivity index (χ3n) is 5.73. The standard InChI is InChI=1S/C28H30N8O5S2/c1-28(2,3)17-10-12-18(13-11-17)43(38,39)36-23-22(41-20-9-6-5-8-19(20)40-4)26(42-16-21(37)33-27(29)30)35-25(34-23)24-31-14-7-15-32-24/h5-15H,16H2,1-4H3,(H,34,35,36)(H4,29,30,33,37). The largest absolute Gasteiger partial charge is 0.493 e. The minimum atomic E-state index is -4.19. The molecule has 4 rings (SSSR count). The van der Waals surface area contributed by atoms with Crippen LogP contribution in [0.2, 0.25) is 0 Å². The molecule has 13 nitrogen and oxygen atoms in total. The number of aliphatic imine (C=N–C) groups is 1. The van der Waals surface area contributed by atoms with Crippen LogP contribution in [0.5, 0.6) is 17.2 Å². The highest BCUT2D eigenvalue weighted by Crippen LogP contribution is 2.41. The maximum Gasteiger partial charge on any atom is 0.263 e. The number of carbonyl (C=O) groups excluding carboxylic acids is 1. The van der Waals surface area contributed by atoms with Gasteiger partial charge >= 0.3 is 0 Å². The minimum absolute atomic E-state index is 0.00277. The van der Waals surface area contributed by atoms with Crippen LogP contribution in [-0.4, -0.2) is 53.1 Å². The fourth-order valence-corrected chi connectivity index (χ4v) is 5.39. The van der Waals surface area contributed by atoms with Crippen LogP contribution in [0.25, 0.3) is 11.6 Å². The predicted molar refractivity (Wildman–Crippen MR) is 164 cm³/mol. The third kappa shape index (κ3) is 7.96. The number of ether oxygens (including phenoxy) is 2. The molecule has 0 radical (unpaired) electrons. The van der Waals surface area contributed by atoms with E-state index in [0.29, 0.717) is 5.75 Å². The molecule has 2 aromatic carbocycles. The van der Waals surface area contributed by atoms with Crippen LogP contribution in [0.3, 0.4) is 0 Å². The number of nitrogens with two attached hydrogens (primary N) is 2. The van der Waals surface area contributed by atoms with Crippen molar-refractivity contribution in [1.82, 2.24) is 19.9 Å². The van der Waals surface area contributed by atoms with Gasteiger partial charge in [0.15, 0.2) is 29.1 Å². The van der Waals surface area contributed by atoms with Crippen molar-refractivity contribution in [3.8, 4) is 28.9 Å². The van der Waals surface area contributed by atoms with Crippen LogP contribution >= 0.6 is 11.8 Å². The summed E-state index contributed by atoms with van der Waals surface area (Å²) in [6, 6.07) is 14.9. The first-order chi connectivity index (χ1) is 20.4. The van der Waals surface area contributed by atoms with Gasteiger partial charge in [-0.2, -0.15) is 4.99 Å². The molecule has 0 atom stereocenters. The van der Waals surface area contributed by atoms with Crippen LogP contribution in [0.1, 0.15) is 26.3 Å². The quantitative estimate of drug-likeness (QED) is 0.100. The Morgan fingerprint density at radius 1 is 0.953 bits per heavy atom. The molecule has 0 saturated carbocycles. The molecule has 0 aliphatic heterocycles. The van der Waals surface area contributed by atoms with Crippen molar-refractivity contribution in [3.05, 3.63) is 72.6 Å². The molecule has 1 amide bonds. The van der Waals surface area contributed by atoms with Gasteiger partial charge in [0.2, 0.25) is 11.6 Å². The molecule has 224 valence electrons. The van der Waals surface area contributed by atoms with Crippen LogP contribution < -0.4 is 25.7 Å². The highest BCUT2D eigenvalue weighted by atomic mass is 32.2. The van der Waals surface area contributed by atoms with E-state index in [1.807, 2.05) is 20.8 Å². The number of carbonyl (C=O) groups is 1. The van der Waals surface area contributed by atoms with E-state index in [4.69, 9.17) is 20.9 Å². The number of thioether (sulfide) groups is 1. The lowest BCUT2D eigenvalue weighted by molar-refractivity contribution is -0.115. The molecule has 15 heteroatoms. The number of sulfonamides is 1. The molecule has 0 saturated heterocycles. The molecule has 0 bridgehead atoms. The molecule has 0 aliphatic rings. The molecule has 0 fully saturated rings. The molecular formula is C28H30N8O5S2. The number of nitrogens with one attached hydrogen (secondary N) is 1. The van der Waals surface area contributed by atoms with E-state index in [-0.39, 0.29) is 50.1 Å². The maximum absolute atomic E-state index is 13.6. The topological polar surface area (TPSA) is 198 Å². The molecule has 0 aliphatic carbocycles. The van der Waals surface area contributed by atoms with E-state index >= 15 is 0 Å². The maximum atomic E-state index is 13.6. The Labute approximate surface area is 253 Å². The summed E-state index contributed by atoms with van der Waals surface area (Å²) < 4.78 is 41.4. The Balaban J connectivity index is 1.87. The monoisotopic (exact) mass is 622 g/mol. The molecule has 43 heavy (non-hydrogen) atoms. The fourth-order valence-electron chi connectivity index (χ4n) is 3.64. The predicted octanol–water partition coefficient (Wildman–Crippen LogP) is 3.72. The number of anilines is 1. The van der Waals surface area contributed by atoms with Gasteiger partial charge in [-0.3, -0.25) is 9.52 Å². The summed E-state index contributed by atoms with van der Waals surface area (Å²) in [5, 5.41) is 0.0864. The number of guanidine groups is 1. The van der Waals surface area contributed by atoms with E-state index in [1.165, 1.54) is 31.6 Å². The van der Waals surface area contributed by atoms with Crippen molar-refractivity contribution in [1.29, 1.82) is 0 Å². The average molecular weight is 623 g/mol. The summed E-state index contributed by atoms with van der Waals surface area (Å²) in [6.07, 6.45) is 2.97. The molecule has 2 heterocycles. The van der Waals surface area contributed by atoms with Gasteiger partial charge in [-0.05, 0) is 41.3 Å². The summed E-state index contributed by atoms with van der Waals surface area (Å²) in [5.74, 6) is -0.937. The molecule has 5 N–H and O–H groups in total. The number of para-hydroxylation sites is 2. The number of nitrogens with zero attached hydrogens (tertiary/aromatic N) is 5. The van der Waals surface area contributed by atoms with Crippen LogP contribution in [-0.2, 0) is 20.2 Å². The zero-order chi connectivity index (χ0) is 31.2. The summed E-state index contributed by atoms with van der Waals surface area (Å²) in [7, 11) is -2.73. The average Bonchev–Trinajstić information content (AvgIpc) is 2.97. The van der Waals surface area contributed by atoms with Crippen LogP contribution in [0.4, 0.5) is 5.82 Å². The fraction of sp³-hybridized carbons (Fsp3) is 0.214. The number of hydrogen-bond donors (Lipinski definition) is 3. The lowest BCUT2D eigenvalue weighted by Crippen LogP contribution is -2.24. The summed E-state index contributed by atoms with van der Waals surface area (Å²) in [6.45, 7) is 6.09. The Morgan fingerprint density at radius 3 is 2.21 bits per heavy atom. The number of amides is 1. The van der Waals surface area contributed by atoms with Gasteiger partial charge in [0.25, 0.3) is 15.9 Å². The van der Waals surface area contributed by atoms with Crippen molar-refractivity contribution < 1.29 is 22.7 Å². The highest BCUT2D eigenvalue weighted by Gasteiger charge is 2.26. The second-order valence-electron chi connectivity index (χ2n) is 9.95. The molecule has 0 unspecified atom stereocenters. The number of methoxy groups -OCH3 is 1. The van der Waals surface area contributed by atoms with Crippen molar-refractivity contribution in [2.75, 3.05) is 17.6 Å². The minimum Gasteiger partial charge on any atom is -0.493 e. The van der Waals surface area contributed by atoms with E-state index < -0.39 is 21.9 Å². The normalized spacial score (nSPS) is 11.4. The molecule has 0 spiro atoms. The van der Waals surface area contributed by atoms with Gasteiger partial charge in [0.1, 0.15) is 5.03 Å². The number of rotatable bonds is 10. The van der Waals surface area contributed by atoms with Crippen molar-refractivity contribution in [2.45, 2.75) is 36.1 Å². The Morgan fingerprint density at radius 2 is 1.60 bits per heavy atom. The van der Waals surface area contributed by atoms with Gasteiger partial charge in [0.05, 0.1) is 17.8 Å². The zero-order valence-corrected chi connectivity index (χ0v) is 25.4. The molecular weight excluding hydrogens is 592 g/mol. The first kappa shape index (κ1) is 31.2. The van der Waals surface area contributed by atoms with E-state index in [2.05, 4.69) is 29.7 Å². The summed E-state index contributed by atoms with van der Waals surface area (Å²) in [4.78, 5) is 33.2. The van der Waals surface area contributed by atoms with Crippen LogP contribution in [0.15, 0.2) is 81.9 Å². The van der Waals surface area contributed by atoms with Gasteiger partial charge in [0, 0.05) is 12.4 Å². The van der Waals surface area contributed by atoms with Gasteiger partial charge in [-0.1, -0.05) is 56.8 Å². The van der Waals surface area contributed by atoms with E-state index in [1.54, 1.807) is 42.5 Å². The summed E-state index contributed by atoms with van der Waals surface area (Å²) >= 11 is 0.904. The first-order valence-electron chi connectivity index (χ1n) is 12.8. The zero-order valence-electron chi connectivity index (χ0n) is 23.8. The first-order valence-corrected chi connectivity index (χ1v) is 15.2. The number of benzene rings is 2. The van der Waals surface area contributed by atoms with Gasteiger partial charge in [-0.15, -0.1) is 0 Å².